The number of aromatic nitrogens is 1. The molecule has 0 aliphatic carbocycles. The minimum atomic E-state index is 0.368. The molecule has 100 valence electrons. The van der Waals surface area contributed by atoms with Crippen LogP contribution < -0.4 is 0 Å². The third-order valence-corrected chi connectivity index (χ3v) is 4.35. The van der Waals surface area contributed by atoms with Crippen molar-refractivity contribution in [2.75, 3.05) is 0 Å². The summed E-state index contributed by atoms with van der Waals surface area (Å²) < 4.78 is 0.938. The second-order valence-electron chi connectivity index (χ2n) is 4.26. The quantitative estimate of drug-likeness (QED) is 0.427. The Hall–Kier alpha value is -0.800. The highest BCUT2D eigenvalue weighted by Gasteiger charge is 2.14. The van der Waals surface area contributed by atoms with Crippen molar-refractivity contribution < 1.29 is 0 Å². The first-order valence-electron chi connectivity index (χ1n) is 5.76. The monoisotopic (exact) mass is 385 g/mol. The predicted molar refractivity (Wildman–Crippen MR) is 89.9 cm³/mol. The Morgan fingerprint density at radius 1 is 0.950 bits per heavy atom. The fourth-order valence-corrected chi connectivity index (χ4v) is 3.30. The third kappa shape index (κ3) is 2.53. The van der Waals surface area contributed by atoms with E-state index >= 15 is 0 Å². The van der Waals surface area contributed by atoms with Gasteiger partial charge in [0, 0.05) is 20.4 Å². The van der Waals surface area contributed by atoms with Crippen LogP contribution in [0.15, 0.2) is 46.9 Å². The summed E-state index contributed by atoms with van der Waals surface area (Å²) in [6.07, 6.45) is 0. The van der Waals surface area contributed by atoms with Crippen molar-refractivity contribution >= 4 is 61.6 Å². The van der Waals surface area contributed by atoms with Crippen LogP contribution in [0.25, 0.3) is 22.0 Å². The molecule has 0 saturated carbocycles. The average Bonchev–Trinajstić information content (AvgIpc) is 2.40. The standard InChI is InChI=1S/C15H7BrCl3N/c16-9-4-5-12-11(7-9)14(18)13(15(19)20-12)8-2-1-3-10(17)6-8/h1-7H. The molecule has 0 fully saturated rings. The lowest BCUT2D eigenvalue weighted by atomic mass is 10.1. The normalized spacial score (nSPS) is 11.0. The third-order valence-electron chi connectivity index (χ3n) is 2.95. The van der Waals surface area contributed by atoms with Gasteiger partial charge in [0.1, 0.15) is 5.15 Å². The highest BCUT2D eigenvalue weighted by atomic mass is 79.9. The Morgan fingerprint density at radius 3 is 2.50 bits per heavy atom. The number of halogens is 4. The van der Waals surface area contributed by atoms with Gasteiger partial charge >= 0.3 is 0 Å². The summed E-state index contributed by atoms with van der Waals surface area (Å²) in [5.41, 5.74) is 2.30. The van der Waals surface area contributed by atoms with E-state index < -0.39 is 0 Å². The maximum atomic E-state index is 6.52. The van der Waals surface area contributed by atoms with Crippen LogP contribution >= 0.6 is 50.7 Å². The van der Waals surface area contributed by atoms with Crippen molar-refractivity contribution in [1.29, 1.82) is 0 Å². The van der Waals surface area contributed by atoms with Gasteiger partial charge in [-0.15, -0.1) is 0 Å². The van der Waals surface area contributed by atoms with E-state index in [1.54, 1.807) is 6.07 Å². The SMILES string of the molecule is Clc1cccc(-c2c(Cl)nc3ccc(Br)cc3c2Cl)c1. The van der Waals surface area contributed by atoms with E-state index in [9.17, 15) is 0 Å². The maximum Gasteiger partial charge on any atom is 0.139 e. The molecule has 2 aromatic carbocycles. The first-order valence-corrected chi connectivity index (χ1v) is 7.69. The maximum absolute atomic E-state index is 6.52. The molecule has 0 amide bonds. The number of nitrogens with zero attached hydrogens (tertiary/aromatic N) is 1. The molecule has 1 aromatic heterocycles. The molecule has 1 heterocycles. The van der Waals surface area contributed by atoms with E-state index in [1.807, 2.05) is 36.4 Å². The first-order chi connectivity index (χ1) is 9.56. The molecular weight excluding hydrogens is 380 g/mol. The predicted octanol–water partition coefficient (Wildman–Crippen LogP) is 6.62. The first kappa shape index (κ1) is 14.2. The van der Waals surface area contributed by atoms with Crippen molar-refractivity contribution in [3.8, 4) is 11.1 Å². The van der Waals surface area contributed by atoms with Crippen LogP contribution in [0.2, 0.25) is 15.2 Å². The van der Waals surface area contributed by atoms with Gasteiger partial charge in [-0.2, -0.15) is 0 Å². The smallest absolute Gasteiger partial charge is 0.139 e. The van der Waals surface area contributed by atoms with E-state index in [0.717, 1.165) is 20.9 Å². The van der Waals surface area contributed by atoms with E-state index in [4.69, 9.17) is 34.8 Å². The van der Waals surface area contributed by atoms with Gasteiger partial charge in [0.05, 0.1) is 10.5 Å². The van der Waals surface area contributed by atoms with Crippen LogP contribution in [0, 0.1) is 0 Å². The number of pyridine rings is 1. The van der Waals surface area contributed by atoms with Gasteiger partial charge in [-0.25, -0.2) is 4.98 Å². The Morgan fingerprint density at radius 2 is 1.75 bits per heavy atom. The summed E-state index contributed by atoms with van der Waals surface area (Å²) in [6.45, 7) is 0. The molecule has 0 unspecified atom stereocenters. The minimum absolute atomic E-state index is 0.368. The lowest BCUT2D eigenvalue weighted by Crippen LogP contribution is -1.89. The number of rotatable bonds is 1. The van der Waals surface area contributed by atoms with Gasteiger partial charge < -0.3 is 0 Å². The lowest BCUT2D eigenvalue weighted by molar-refractivity contribution is 1.40. The molecule has 1 nitrogen and oxygen atoms in total. The van der Waals surface area contributed by atoms with E-state index in [2.05, 4.69) is 20.9 Å². The van der Waals surface area contributed by atoms with Crippen molar-refractivity contribution in [2.24, 2.45) is 0 Å². The molecule has 0 spiro atoms. The molecule has 0 aliphatic heterocycles. The lowest BCUT2D eigenvalue weighted by Gasteiger charge is -2.10. The van der Waals surface area contributed by atoms with Crippen LogP contribution in [0.4, 0.5) is 0 Å². The zero-order valence-electron chi connectivity index (χ0n) is 10.0. The van der Waals surface area contributed by atoms with Crippen LogP contribution in [0.3, 0.4) is 0 Å². The number of benzene rings is 2. The topological polar surface area (TPSA) is 12.9 Å². The van der Waals surface area contributed by atoms with E-state index in [1.165, 1.54) is 0 Å². The van der Waals surface area contributed by atoms with Gasteiger partial charge in [-0.1, -0.05) is 62.9 Å². The highest BCUT2D eigenvalue weighted by molar-refractivity contribution is 9.10. The molecule has 20 heavy (non-hydrogen) atoms. The number of hydrogen-bond acceptors (Lipinski definition) is 1. The van der Waals surface area contributed by atoms with Crippen molar-refractivity contribution in [3.63, 3.8) is 0 Å². The second-order valence-corrected chi connectivity index (χ2v) is 6.35. The van der Waals surface area contributed by atoms with Gasteiger partial charge in [-0.05, 0) is 35.9 Å². The fraction of sp³-hybridized carbons (Fsp3) is 0. The van der Waals surface area contributed by atoms with E-state index in [-0.39, 0.29) is 0 Å². The summed E-state index contributed by atoms with van der Waals surface area (Å²) in [5.74, 6) is 0. The van der Waals surface area contributed by atoms with Gasteiger partial charge in [0.25, 0.3) is 0 Å². The van der Waals surface area contributed by atoms with Crippen LogP contribution in [0.5, 0.6) is 0 Å². The van der Waals surface area contributed by atoms with Gasteiger partial charge in [0.2, 0.25) is 0 Å². The number of hydrogen-bond donors (Lipinski definition) is 0. The van der Waals surface area contributed by atoms with Crippen LogP contribution in [0.1, 0.15) is 0 Å². The van der Waals surface area contributed by atoms with Crippen LogP contribution in [-0.2, 0) is 0 Å². The molecular formula is C15H7BrCl3N. The summed E-state index contributed by atoms with van der Waals surface area (Å²) in [7, 11) is 0. The summed E-state index contributed by atoms with van der Waals surface area (Å²) in [6, 6.07) is 13.1. The molecule has 3 rings (SSSR count). The molecule has 0 N–H and O–H groups in total. The summed E-state index contributed by atoms with van der Waals surface area (Å²) in [5, 5.41) is 2.42. The van der Waals surface area contributed by atoms with Crippen molar-refractivity contribution in [1.82, 2.24) is 4.98 Å². The molecule has 0 bridgehead atoms. The van der Waals surface area contributed by atoms with Crippen LogP contribution in [-0.4, -0.2) is 4.98 Å². The molecule has 5 heteroatoms. The summed E-state index contributed by atoms with van der Waals surface area (Å²) >= 11 is 22.3. The zero-order valence-corrected chi connectivity index (χ0v) is 13.9. The largest absolute Gasteiger partial charge is 0.235 e. The van der Waals surface area contributed by atoms with Gasteiger partial charge in [-0.3, -0.25) is 0 Å². The minimum Gasteiger partial charge on any atom is -0.235 e. The molecule has 0 atom stereocenters. The van der Waals surface area contributed by atoms with Crippen molar-refractivity contribution in [2.45, 2.75) is 0 Å². The molecule has 0 saturated heterocycles. The van der Waals surface area contributed by atoms with Crippen molar-refractivity contribution in [3.05, 3.63) is 62.1 Å². The van der Waals surface area contributed by atoms with E-state index in [0.29, 0.717) is 20.8 Å². The highest BCUT2D eigenvalue weighted by Crippen LogP contribution is 2.39. The fourth-order valence-electron chi connectivity index (χ4n) is 2.06. The molecule has 0 radical (unpaired) electrons. The Bertz CT molecular complexity index is 818. The second kappa shape index (κ2) is 5.53. The average molecular weight is 387 g/mol. The molecule has 0 aliphatic rings. The Kier molecular flexibility index (Phi) is 3.91. The Balaban J connectivity index is 2.36. The number of fused-ring (bicyclic) bond motifs is 1. The summed E-state index contributed by atoms with van der Waals surface area (Å²) in [4.78, 5) is 4.40. The van der Waals surface area contributed by atoms with Gasteiger partial charge in [0.15, 0.2) is 0 Å². The zero-order chi connectivity index (χ0) is 14.3. The molecule has 3 aromatic rings. The Labute approximate surface area is 139 Å².